The fourth-order valence-electron chi connectivity index (χ4n) is 3.34. The average Bonchev–Trinajstić information content (AvgIpc) is 2.49. The largest absolute Gasteiger partial charge is 0.353 e. The molecule has 5 nitrogen and oxygen atoms in total. The van der Waals surface area contributed by atoms with Crippen molar-refractivity contribution in [2.24, 2.45) is 11.8 Å². The van der Waals surface area contributed by atoms with Gasteiger partial charge in [-0.05, 0) is 44.4 Å². The van der Waals surface area contributed by atoms with Gasteiger partial charge in [-0.3, -0.25) is 4.79 Å². The van der Waals surface area contributed by atoms with Crippen molar-refractivity contribution in [3.8, 4) is 0 Å². The van der Waals surface area contributed by atoms with E-state index in [-0.39, 0.29) is 17.9 Å². The fraction of sp³-hybridized carbons (Fsp3) is 0.875. The van der Waals surface area contributed by atoms with Crippen LogP contribution in [0.3, 0.4) is 0 Å². The van der Waals surface area contributed by atoms with Crippen LogP contribution in [0.15, 0.2) is 0 Å². The molecule has 1 saturated carbocycles. The summed E-state index contributed by atoms with van der Waals surface area (Å²) >= 11 is 0. The van der Waals surface area contributed by atoms with Crippen LogP contribution in [0.2, 0.25) is 0 Å². The second-order valence-corrected chi connectivity index (χ2v) is 6.90. The topological polar surface area (TPSA) is 52.7 Å². The number of carbonyl (C=O) groups is 2. The Morgan fingerprint density at radius 2 is 1.57 bits per heavy atom. The van der Waals surface area contributed by atoms with E-state index < -0.39 is 0 Å². The molecule has 120 valence electrons. The molecule has 2 aliphatic rings. The predicted molar refractivity (Wildman–Crippen MR) is 82.9 cm³/mol. The second-order valence-electron chi connectivity index (χ2n) is 6.90. The quantitative estimate of drug-likeness (QED) is 0.848. The molecular weight excluding hydrogens is 266 g/mol. The van der Waals surface area contributed by atoms with Crippen molar-refractivity contribution in [2.45, 2.75) is 51.5 Å². The van der Waals surface area contributed by atoms with E-state index in [1.54, 1.807) is 19.0 Å². The van der Waals surface area contributed by atoms with Crippen LogP contribution in [0.1, 0.15) is 45.4 Å². The van der Waals surface area contributed by atoms with Crippen LogP contribution in [0.4, 0.5) is 4.79 Å². The minimum atomic E-state index is 0.0510. The Morgan fingerprint density at radius 1 is 1.00 bits per heavy atom. The second kappa shape index (κ2) is 7.14. The highest BCUT2D eigenvalue weighted by Gasteiger charge is 2.29. The van der Waals surface area contributed by atoms with Gasteiger partial charge in [-0.25, -0.2) is 4.79 Å². The van der Waals surface area contributed by atoms with Crippen molar-refractivity contribution in [3.05, 3.63) is 0 Å². The Morgan fingerprint density at radius 3 is 2.10 bits per heavy atom. The Labute approximate surface area is 128 Å². The standard InChI is InChI=1S/C16H29N3O2/c1-12-4-6-14(7-5-12)17-15(20)13-8-10-19(11-9-13)16(21)18(2)3/h12-14H,4-11H2,1-3H3,(H,17,20). The number of piperidine rings is 1. The molecule has 1 aliphatic carbocycles. The van der Waals surface area contributed by atoms with Gasteiger partial charge in [0.1, 0.15) is 0 Å². The number of carbonyl (C=O) groups excluding carboxylic acids is 2. The maximum Gasteiger partial charge on any atom is 0.319 e. The van der Waals surface area contributed by atoms with Crippen LogP contribution in [0.5, 0.6) is 0 Å². The third-order valence-electron chi connectivity index (χ3n) is 4.88. The monoisotopic (exact) mass is 295 g/mol. The minimum absolute atomic E-state index is 0.0510. The lowest BCUT2D eigenvalue weighted by Crippen LogP contribution is -2.48. The molecule has 0 unspecified atom stereocenters. The van der Waals surface area contributed by atoms with E-state index in [1.807, 2.05) is 4.90 Å². The summed E-state index contributed by atoms with van der Waals surface area (Å²) in [5, 5.41) is 3.22. The molecule has 0 atom stereocenters. The third kappa shape index (κ3) is 4.35. The summed E-state index contributed by atoms with van der Waals surface area (Å²) in [6.45, 7) is 3.67. The van der Waals surface area contributed by atoms with Crippen LogP contribution in [-0.4, -0.2) is 55.0 Å². The van der Waals surface area contributed by atoms with Gasteiger partial charge in [0.25, 0.3) is 0 Å². The van der Waals surface area contributed by atoms with Crippen LogP contribution in [0.25, 0.3) is 0 Å². The maximum absolute atomic E-state index is 12.3. The lowest BCUT2D eigenvalue weighted by atomic mass is 9.86. The molecule has 0 spiro atoms. The van der Waals surface area contributed by atoms with Gasteiger partial charge in [0, 0.05) is 39.1 Å². The average molecular weight is 295 g/mol. The smallest absolute Gasteiger partial charge is 0.319 e. The molecule has 0 bridgehead atoms. The van der Waals surface area contributed by atoms with Gasteiger partial charge in [-0.2, -0.15) is 0 Å². The Bertz CT molecular complexity index is 368. The molecule has 1 saturated heterocycles. The number of rotatable bonds is 2. The van der Waals surface area contributed by atoms with Crippen molar-refractivity contribution < 1.29 is 9.59 Å². The first-order chi connectivity index (χ1) is 9.97. The number of likely N-dealkylation sites (tertiary alicyclic amines) is 1. The summed E-state index contributed by atoms with van der Waals surface area (Å²) in [6, 6.07) is 0.422. The zero-order chi connectivity index (χ0) is 15.4. The molecule has 5 heteroatoms. The Kier molecular flexibility index (Phi) is 5.48. The molecule has 0 aromatic carbocycles. The van der Waals surface area contributed by atoms with Crippen LogP contribution in [0, 0.1) is 11.8 Å². The minimum Gasteiger partial charge on any atom is -0.353 e. The van der Waals surface area contributed by atoms with Gasteiger partial charge >= 0.3 is 6.03 Å². The normalized spacial score (nSPS) is 27.3. The summed E-state index contributed by atoms with van der Waals surface area (Å²) in [4.78, 5) is 27.6. The van der Waals surface area contributed by atoms with Crippen LogP contribution < -0.4 is 5.32 Å². The van der Waals surface area contributed by atoms with E-state index in [2.05, 4.69) is 12.2 Å². The molecule has 0 radical (unpaired) electrons. The number of hydrogen-bond donors (Lipinski definition) is 1. The lowest BCUT2D eigenvalue weighted by molar-refractivity contribution is -0.127. The number of nitrogens with zero attached hydrogens (tertiary/aromatic N) is 2. The van der Waals surface area contributed by atoms with Crippen LogP contribution >= 0.6 is 0 Å². The van der Waals surface area contributed by atoms with Gasteiger partial charge in [0.15, 0.2) is 0 Å². The van der Waals surface area contributed by atoms with Gasteiger partial charge in [-0.1, -0.05) is 6.92 Å². The van der Waals surface area contributed by atoms with Gasteiger partial charge in [0.2, 0.25) is 5.91 Å². The summed E-state index contributed by atoms with van der Waals surface area (Å²) in [5.74, 6) is 1.08. The number of amides is 3. The lowest BCUT2D eigenvalue weighted by Gasteiger charge is -2.34. The van der Waals surface area contributed by atoms with Crippen molar-refractivity contribution in [1.29, 1.82) is 0 Å². The Balaban J connectivity index is 1.74. The molecule has 21 heavy (non-hydrogen) atoms. The zero-order valence-corrected chi connectivity index (χ0v) is 13.6. The first-order valence-electron chi connectivity index (χ1n) is 8.24. The van der Waals surface area contributed by atoms with Gasteiger partial charge in [-0.15, -0.1) is 0 Å². The molecule has 0 aromatic rings. The van der Waals surface area contributed by atoms with Gasteiger partial charge in [0.05, 0.1) is 0 Å². The highest BCUT2D eigenvalue weighted by atomic mass is 16.2. The molecule has 2 fully saturated rings. The molecule has 1 heterocycles. The molecule has 1 aliphatic heterocycles. The van der Waals surface area contributed by atoms with Crippen molar-refractivity contribution in [1.82, 2.24) is 15.1 Å². The molecule has 3 amide bonds. The zero-order valence-electron chi connectivity index (χ0n) is 13.6. The number of hydrogen-bond acceptors (Lipinski definition) is 2. The van der Waals surface area contributed by atoms with E-state index in [0.29, 0.717) is 19.1 Å². The van der Waals surface area contributed by atoms with E-state index in [1.165, 1.54) is 12.8 Å². The fourth-order valence-corrected chi connectivity index (χ4v) is 3.34. The summed E-state index contributed by atoms with van der Waals surface area (Å²) in [5.41, 5.74) is 0. The van der Waals surface area contributed by atoms with Crippen LogP contribution in [-0.2, 0) is 4.79 Å². The molecule has 1 N–H and O–H groups in total. The van der Waals surface area contributed by atoms with Gasteiger partial charge < -0.3 is 15.1 Å². The van der Waals surface area contributed by atoms with E-state index in [0.717, 1.165) is 31.6 Å². The molecular formula is C16H29N3O2. The summed E-state index contributed by atoms with van der Waals surface area (Å²) in [7, 11) is 3.54. The SMILES string of the molecule is CC1CCC(NC(=O)C2CCN(C(=O)N(C)C)CC2)CC1. The number of urea groups is 1. The number of nitrogens with one attached hydrogen (secondary N) is 1. The molecule has 0 aromatic heterocycles. The summed E-state index contributed by atoms with van der Waals surface area (Å²) < 4.78 is 0. The first-order valence-corrected chi connectivity index (χ1v) is 8.24. The van der Waals surface area contributed by atoms with Crippen molar-refractivity contribution in [3.63, 3.8) is 0 Å². The highest BCUT2D eigenvalue weighted by Crippen LogP contribution is 2.24. The maximum atomic E-state index is 12.3. The van der Waals surface area contributed by atoms with E-state index >= 15 is 0 Å². The third-order valence-corrected chi connectivity index (χ3v) is 4.88. The van der Waals surface area contributed by atoms with E-state index in [9.17, 15) is 9.59 Å². The van der Waals surface area contributed by atoms with Crippen molar-refractivity contribution >= 4 is 11.9 Å². The highest BCUT2D eigenvalue weighted by molar-refractivity contribution is 5.80. The first kappa shape index (κ1) is 16.1. The summed E-state index contributed by atoms with van der Waals surface area (Å²) in [6.07, 6.45) is 6.25. The Hall–Kier alpha value is -1.26. The van der Waals surface area contributed by atoms with Crippen molar-refractivity contribution in [2.75, 3.05) is 27.2 Å². The predicted octanol–water partition coefficient (Wildman–Crippen LogP) is 2.07. The van der Waals surface area contributed by atoms with E-state index in [4.69, 9.17) is 0 Å². The molecule has 2 rings (SSSR count).